The van der Waals surface area contributed by atoms with Gasteiger partial charge in [0.2, 0.25) is 0 Å². The zero-order valence-electron chi connectivity index (χ0n) is 12.3. The average molecular weight is 271 g/mol. The van der Waals surface area contributed by atoms with Crippen LogP contribution in [-0.2, 0) is 4.79 Å². The Morgan fingerprint density at radius 3 is 1.89 bits per heavy atom. The molecule has 0 aromatic heterocycles. The molecule has 4 heteroatoms. The minimum atomic E-state index is -0.706. The lowest BCUT2D eigenvalue weighted by atomic mass is 9.99. The number of hydrogen-bond acceptors (Lipinski definition) is 2. The first-order chi connectivity index (χ1) is 9.02. The second kappa shape index (κ2) is 13.0. The highest BCUT2D eigenvalue weighted by atomic mass is 19.2. The number of aliphatic carboxylic acids is 1. The molecule has 2 unspecified atom stereocenters. The van der Waals surface area contributed by atoms with Crippen LogP contribution in [0.1, 0.15) is 52.0 Å². The number of rotatable bonds is 4. The van der Waals surface area contributed by atoms with Gasteiger partial charge in [0.05, 0.1) is 5.92 Å². The summed E-state index contributed by atoms with van der Waals surface area (Å²) < 4.78 is 9.00. The highest BCUT2D eigenvalue weighted by molar-refractivity contribution is 5.69. The molecular weight excluding hydrogens is 245 g/mol. The summed E-state index contributed by atoms with van der Waals surface area (Å²) in [5, 5.41) is 8.18. The molecule has 2 atom stereocenters. The first kappa shape index (κ1) is 19.9. The minimum absolute atomic E-state index is 0.181. The first-order valence-electron chi connectivity index (χ1n) is 6.52. The van der Waals surface area contributed by atoms with Gasteiger partial charge >= 0.3 is 5.97 Å². The van der Waals surface area contributed by atoms with Gasteiger partial charge in [-0.1, -0.05) is 58.0 Å². The van der Waals surface area contributed by atoms with Gasteiger partial charge in [-0.15, -0.1) is 4.48 Å². The molecule has 0 saturated heterocycles. The number of carboxylic acid groups (broad SMARTS) is 1. The fraction of sp³-hybridized carbons (Fsp3) is 0.533. The van der Waals surface area contributed by atoms with Crippen LogP contribution in [0.25, 0.3) is 0 Å². The summed E-state index contributed by atoms with van der Waals surface area (Å²) in [4.78, 5) is 9.93. The molecule has 0 fully saturated rings. The fourth-order valence-electron chi connectivity index (χ4n) is 1.19. The zero-order valence-corrected chi connectivity index (χ0v) is 12.3. The Hall–Kier alpha value is -1.42. The number of carbonyl (C=O) groups is 1. The largest absolute Gasteiger partial charge is 0.481 e. The van der Waals surface area contributed by atoms with Crippen molar-refractivity contribution in [3.05, 3.63) is 35.9 Å². The lowest BCUT2D eigenvalue weighted by molar-refractivity contribution is -0.141. The van der Waals surface area contributed by atoms with Gasteiger partial charge in [0.15, 0.2) is 0 Å². The highest BCUT2D eigenvalue weighted by Crippen LogP contribution is 2.16. The molecule has 1 aromatic rings. The van der Waals surface area contributed by atoms with Crippen LogP contribution in [0.3, 0.4) is 0 Å². The Morgan fingerprint density at radius 1 is 1.16 bits per heavy atom. The number of carboxylic acids is 1. The van der Waals surface area contributed by atoms with E-state index in [9.17, 15) is 4.79 Å². The molecule has 19 heavy (non-hydrogen) atoms. The maximum absolute atomic E-state index is 9.93. The van der Waals surface area contributed by atoms with E-state index in [0.29, 0.717) is 5.92 Å². The summed E-state index contributed by atoms with van der Waals surface area (Å²) in [6.45, 7) is 8.04. The molecule has 1 rings (SSSR count). The Labute approximate surface area is 115 Å². The van der Waals surface area contributed by atoms with Crippen molar-refractivity contribution in [1.82, 2.24) is 0 Å². The molecule has 1 aromatic carbocycles. The van der Waals surface area contributed by atoms with Gasteiger partial charge in [-0.2, -0.15) is 5.96 Å². The topological polar surface area (TPSA) is 63.3 Å². The second-order valence-corrected chi connectivity index (χ2v) is 4.37. The van der Waals surface area contributed by atoms with Crippen LogP contribution in [0.5, 0.6) is 0 Å². The first-order valence-corrected chi connectivity index (χ1v) is 6.52. The Bertz CT molecular complexity index is 317. The van der Waals surface area contributed by atoms with Crippen LogP contribution in [0.2, 0.25) is 0 Å². The van der Waals surface area contributed by atoms with Crippen molar-refractivity contribution in [1.29, 1.82) is 0 Å². The van der Waals surface area contributed by atoms with Gasteiger partial charge in [-0.05, 0) is 24.3 Å². The number of nitrogens with two attached hydrogens (primary N) is 1. The number of halogens is 1. The normalized spacial score (nSPS) is 12.1. The van der Waals surface area contributed by atoms with Gasteiger partial charge < -0.3 is 5.11 Å². The van der Waals surface area contributed by atoms with E-state index in [1.807, 2.05) is 6.92 Å². The Morgan fingerprint density at radius 2 is 1.63 bits per heavy atom. The Kier molecular flexibility index (Phi) is 13.6. The maximum atomic E-state index is 9.93. The molecule has 0 aliphatic carbocycles. The van der Waals surface area contributed by atoms with E-state index >= 15 is 0 Å². The summed E-state index contributed by atoms with van der Waals surface area (Å²) in [5.41, 5.74) is 1.45. The van der Waals surface area contributed by atoms with Crippen LogP contribution in [0.4, 0.5) is 4.48 Å². The summed E-state index contributed by atoms with van der Waals surface area (Å²) >= 11 is 0. The third-order valence-corrected chi connectivity index (χ3v) is 3.01. The van der Waals surface area contributed by atoms with Crippen molar-refractivity contribution in [2.45, 2.75) is 46.5 Å². The summed E-state index contributed by atoms with van der Waals surface area (Å²) in [5.74, 6) is 2.82. The number of hydrogen-bond donors (Lipinski definition) is 2. The van der Waals surface area contributed by atoms with Crippen LogP contribution in [-0.4, -0.2) is 11.1 Å². The molecule has 0 radical (unpaired) electrons. The molecule has 110 valence electrons. The molecule has 3 N–H and O–H groups in total. The molecule has 0 heterocycles. The lowest BCUT2D eigenvalue weighted by Gasteiger charge is -2.06. The van der Waals surface area contributed by atoms with Gasteiger partial charge in [0.1, 0.15) is 0 Å². The van der Waals surface area contributed by atoms with E-state index in [0.717, 1.165) is 6.42 Å². The van der Waals surface area contributed by atoms with Gasteiger partial charge in [0.25, 0.3) is 0 Å². The molecule has 0 bridgehead atoms. The van der Waals surface area contributed by atoms with E-state index in [4.69, 9.17) is 9.59 Å². The summed E-state index contributed by atoms with van der Waals surface area (Å²) in [7, 11) is 0. The maximum Gasteiger partial charge on any atom is 0.306 e. The predicted molar refractivity (Wildman–Crippen MR) is 77.5 cm³/mol. The van der Waals surface area contributed by atoms with Crippen LogP contribution in [0.15, 0.2) is 30.3 Å². The van der Waals surface area contributed by atoms with Gasteiger partial charge in [-0.3, -0.25) is 4.79 Å². The predicted octanol–water partition coefficient (Wildman–Crippen LogP) is 4.15. The highest BCUT2D eigenvalue weighted by Gasteiger charge is 2.05. The van der Waals surface area contributed by atoms with Crippen molar-refractivity contribution >= 4 is 5.97 Å². The quantitative estimate of drug-likeness (QED) is 0.809. The van der Waals surface area contributed by atoms with Crippen LogP contribution >= 0.6 is 0 Å². The molecule has 0 spiro atoms. The van der Waals surface area contributed by atoms with E-state index in [2.05, 4.69) is 50.1 Å². The van der Waals surface area contributed by atoms with Crippen molar-refractivity contribution in [3.8, 4) is 0 Å². The summed E-state index contributed by atoms with van der Waals surface area (Å²) in [6, 6.07) is 10.6. The molecule has 3 nitrogen and oxygen atoms in total. The van der Waals surface area contributed by atoms with Crippen LogP contribution < -0.4 is 5.96 Å². The van der Waals surface area contributed by atoms with E-state index < -0.39 is 5.97 Å². The van der Waals surface area contributed by atoms with Gasteiger partial charge in [-0.25, -0.2) is 0 Å². The van der Waals surface area contributed by atoms with Gasteiger partial charge in [0, 0.05) is 0 Å². The molecule has 0 aliphatic heterocycles. The third-order valence-electron chi connectivity index (χ3n) is 3.01. The fourth-order valence-corrected chi connectivity index (χ4v) is 1.19. The Balaban J connectivity index is 0. The standard InChI is InChI=1S/C10H14.C5H10O2.FH2N/c1-3-9(2)10-7-5-4-6-8-10;1-3-4(2)5(6)7;1-2/h4-9H,3H2,1-2H3;4H,3H2,1-2H3,(H,6,7);2H2. The zero-order chi connectivity index (χ0) is 15.3. The smallest absolute Gasteiger partial charge is 0.306 e. The third kappa shape index (κ3) is 10.2. The lowest BCUT2D eigenvalue weighted by Crippen LogP contribution is -2.06. The number of benzene rings is 1. The van der Waals surface area contributed by atoms with Crippen LogP contribution in [0, 0.1) is 5.92 Å². The molecule has 0 saturated carbocycles. The van der Waals surface area contributed by atoms with E-state index in [-0.39, 0.29) is 5.92 Å². The summed E-state index contributed by atoms with van der Waals surface area (Å²) in [6.07, 6.45) is 1.94. The molecule has 0 amide bonds. The van der Waals surface area contributed by atoms with Crippen molar-refractivity contribution in [2.75, 3.05) is 0 Å². The second-order valence-electron chi connectivity index (χ2n) is 4.37. The minimum Gasteiger partial charge on any atom is -0.481 e. The SMILES string of the molecule is CCC(C)C(=O)O.CCC(C)c1ccccc1.NF. The van der Waals surface area contributed by atoms with E-state index in [1.54, 1.807) is 6.92 Å². The average Bonchev–Trinajstić information content (AvgIpc) is 2.49. The monoisotopic (exact) mass is 271 g/mol. The van der Waals surface area contributed by atoms with E-state index in [1.165, 1.54) is 12.0 Å². The van der Waals surface area contributed by atoms with Crippen molar-refractivity contribution in [2.24, 2.45) is 11.9 Å². The molecular formula is C15H26FNO2. The van der Waals surface area contributed by atoms with Crippen molar-refractivity contribution in [3.63, 3.8) is 0 Å². The van der Waals surface area contributed by atoms with Crippen molar-refractivity contribution < 1.29 is 14.4 Å². The molecule has 0 aliphatic rings.